The van der Waals surface area contributed by atoms with Gasteiger partial charge in [-0.1, -0.05) is 23.4 Å². The Kier molecular flexibility index (Phi) is 4.18. The van der Waals surface area contributed by atoms with Gasteiger partial charge in [0.1, 0.15) is 29.0 Å². The molecule has 0 spiro atoms. The van der Waals surface area contributed by atoms with E-state index in [9.17, 15) is 4.39 Å². The standard InChI is InChI=1S/C16H16FN5O/c1-10-7-16(22-23-10)21-15-8-14(19-11(2)20-15)18-9-12-5-3-4-6-13(12)17/h3-8H,9H2,1-2H3,(H2,18,19,20,21,22). The largest absolute Gasteiger partial charge is 0.366 e. The maximum absolute atomic E-state index is 13.6. The Morgan fingerprint density at radius 1 is 1.04 bits per heavy atom. The van der Waals surface area contributed by atoms with Crippen LogP contribution in [0.25, 0.3) is 0 Å². The summed E-state index contributed by atoms with van der Waals surface area (Å²) in [6, 6.07) is 10.1. The predicted octanol–water partition coefficient (Wildman–Crippen LogP) is 3.58. The van der Waals surface area contributed by atoms with Gasteiger partial charge in [-0.3, -0.25) is 0 Å². The van der Waals surface area contributed by atoms with Crippen LogP contribution in [0.2, 0.25) is 0 Å². The highest BCUT2D eigenvalue weighted by Crippen LogP contribution is 2.18. The monoisotopic (exact) mass is 313 g/mol. The molecule has 0 atom stereocenters. The normalized spacial score (nSPS) is 10.6. The van der Waals surface area contributed by atoms with E-state index in [0.717, 1.165) is 0 Å². The van der Waals surface area contributed by atoms with Crippen LogP contribution in [0.5, 0.6) is 0 Å². The van der Waals surface area contributed by atoms with Crippen molar-refractivity contribution in [2.24, 2.45) is 0 Å². The van der Waals surface area contributed by atoms with Crippen molar-refractivity contribution in [1.29, 1.82) is 0 Å². The predicted molar refractivity (Wildman–Crippen MR) is 85.0 cm³/mol. The number of rotatable bonds is 5. The Bertz CT molecular complexity index is 818. The van der Waals surface area contributed by atoms with Gasteiger partial charge in [0, 0.05) is 24.2 Å². The molecule has 7 heteroatoms. The lowest BCUT2D eigenvalue weighted by atomic mass is 10.2. The first-order chi connectivity index (χ1) is 11.1. The first-order valence-corrected chi connectivity index (χ1v) is 7.13. The van der Waals surface area contributed by atoms with E-state index >= 15 is 0 Å². The Balaban J connectivity index is 1.74. The molecule has 2 heterocycles. The highest BCUT2D eigenvalue weighted by atomic mass is 19.1. The fourth-order valence-electron chi connectivity index (χ4n) is 2.11. The molecule has 0 amide bonds. The second-order valence-electron chi connectivity index (χ2n) is 5.08. The van der Waals surface area contributed by atoms with Gasteiger partial charge < -0.3 is 15.2 Å². The molecule has 23 heavy (non-hydrogen) atoms. The van der Waals surface area contributed by atoms with Crippen LogP contribution in [0, 0.1) is 19.7 Å². The summed E-state index contributed by atoms with van der Waals surface area (Å²) >= 11 is 0. The van der Waals surface area contributed by atoms with Crippen molar-refractivity contribution >= 4 is 17.5 Å². The van der Waals surface area contributed by atoms with Crippen LogP contribution in [0.15, 0.2) is 40.9 Å². The van der Waals surface area contributed by atoms with E-state index in [0.29, 0.717) is 41.1 Å². The summed E-state index contributed by atoms with van der Waals surface area (Å²) in [6.07, 6.45) is 0. The third-order valence-corrected chi connectivity index (χ3v) is 3.14. The van der Waals surface area contributed by atoms with Gasteiger partial charge in [-0.15, -0.1) is 0 Å². The number of nitrogens with zero attached hydrogens (tertiary/aromatic N) is 3. The number of aryl methyl sites for hydroxylation is 2. The molecule has 2 aromatic heterocycles. The summed E-state index contributed by atoms with van der Waals surface area (Å²) < 4.78 is 18.6. The van der Waals surface area contributed by atoms with Gasteiger partial charge in [0.15, 0.2) is 5.82 Å². The molecule has 3 rings (SSSR count). The van der Waals surface area contributed by atoms with Crippen LogP contribution in [-0.4, -0.2) is 15.1 Å². The maximum atomic E-state index is 13.6. The van der Waals surface area contributed by atoms with Gasteiger partial charge in [-0.2, -0.15) is 0 Å². The molecule has 0 aliphatic carbocycles. The molecule has 1 aromatic carbocycles. The molecule has 118 valence electrons. The van der Waals surface area contributed by atoms with Crippen molar-refractivity contribution in [3.8, 4) is 0 Å². The zero-order valence-corrected chi connectivity index (χ0v) is 12.8. The van der Waals surface area contributed by atoms with Crippen molar-refractivity contribution < 1.29 is 8.91 Å². The number of hydrogen-bond donors (Lipinski definition) is 2. The number of benzene rings is 1. The van der Waals surface area contributed by atoms with Crippen molar-refractivity contribution in [2.45, 2.75) is 20.4 Å². The summed E-state index contributed by atoms with van der Waals surface area (Å²) in [4.78, 5) is 8.59. The smallest absolute Gasteiger partial charge is 0.175 e. The van der Waals surface area contributed by atoms with Gasteiger partial charge in [-0.05, 0) is 19.9 Å². The van der Waals surface area contributed by atoms with Gasteiger partial charge in [-0.25, -0.2) is 14.4 Å². The minimum atomic E-state index is -0.248. The minimum Gasteiger partial charge on any atom is -0.366 e. The summed E-state index contributed by atoms with van der Waals surface area (Å²) in [7, 11) is 0. The number of halogens is 1. The molecule has 6 nitrogen and oxygen atoms in total. The number of aromatic nitrogens is 3. The number of hydrogen-bond acceptors (Lipinski definition) is 6. The first kappa shape index (κ1) is 15.0. The minimum absolute atomic E-state index is 0.248. The number of nitrogens with one attached hydrogen (secondary N) is 2. The van der Waals surface area contributed by atoms with E-state index in [4.69, 9.17) is 4.52 Å². The van der Waals surface area contributed by atoms with E-state index in [1.54, 1.807) is 37.3 Å². The van der Waals surface area contributed by atoms with Crippen LogP contribution < -0.4 is 10.6 Å². The molecule has 0 saturated carbocycles. The molecule has 2 N–H and O–H groups in total. The summed E-state index contributed by atoms with van der Waals surface area (Å²) in [5, 5.41) is 10.0. The molecular formula is C16H16FN5O. The number of anilines is 3. The average Bonchev–Trinajstić information content (AvgIpc) is 2.91. The van der Waals surface area contributed by atoms with Crippen LogP contribution in [-0.2, 0) is 6.54 Å². The Morgan fingerprint density at radius 2 is 1.83 bits per heavy atom. The fraction of sp³-hybridized carbons (Fsp3) is 0.188. The Labute approximate surface area is 132 Å². The topological polar surface area (TPSA) is 75.9 Å². The van der Waals surface area contributed by atoms with Crippen molar-refractivity contribution in [1.82, 2.24) is 15.1 Å². The highest BCUT2D eigenvalue weighted by molar-refractivity contribution is 5.56. The maximum Gasteiger partial charge on any atom is 0.175 e. The molecule has 3 aromatic rings. The van der Waals surface area contributed by atoms with Crippen LogP contribution in [0.3, 0.4) is 0 Å². The van der Waals surface area contributed by atoms with Gasteiger partial charge in [0.05, 0.1) is 0 Å². The van der Waals surface area contributed by atoms with Crippen LogP contribution in [0.4, 0.5) is 21.8 Å². The van der Waals surface area contributed by atoms with Crippen molar-refractivity contribution in [3.63, 3.8) is 0 Å². The van der Waals surface area contributed by atoms with E-state index in [1.807, 2.05) is 6.92 Å². The third kappa shape index (κ3) is 3.82. The summed E-state index contributed by atoms with van der Waals surface area (Å²) in [5.41, 5.74) is 0.574. The molecular weight excluding hydrogens is 297 g/mol. The summed E-state index contributed by atoms with van der Waals surface area (Å²) in [6.45, 7) is 3.93. The molecule has 0 saturated heterocycles. The first-order valence-electron chi connectivity index (χ1n) is 7.13. The van der Waals surface area contributed by atoms with Crippen LogP contribution >= 0.6 is 0 Å². The molecule has 0 fully saturated rings. The van der Waals surface area contributed by atoms with E-state index < -0.39 is 0 Å². The zero-order chi connectivity index (χ0) is 16.2. The van der Waals surface area contributed by atoms with Crippen molar-refractivity contribution in [3.05, 3.63) is 59.4 Å². The average molecular weight is 313 g/mol. The molecule has 0 unspecified atom stereocenters. The lowest BCUT2D eigenvalue weighted by Crippen LogP contribution is -2.06. The quantitative estimate of drug-likeness (QED) is 0.750. The Hall–Kier alpha value is -2.96. The van der Waals surface area contributed by atoms with Crippen LogP contribution in [0.1, 0.15) is 17.1 Å². The van der Waals surface area contributed by atoms with Crippen molar-refractivity contribution in [2.75, 3.05) is 10.6 Å². The van der Waals surface area contributed by atoms with Gasteiger partial charge in [0.2, 0.25) is 0 Å². The highest BCUT2D eigenvalue weighted by Gasteiger charge is 2.06. The van der Waals surface area contributed by atoms with E-state index in [1.165, 1.54) is 6.07 Å². The van der Waals surface area contributed by atoms with Gasteiger partial charge in [0.25, 0.3) is 0 Å². The van der Waals surface area contributed by atoms with E-state index in [2.05, 4.69) is 25.8 Å². The lowest BCUT2D eigenvalue weighted by Gasteiger charge is -2.09. The SMILES string of the molecule is Cc1nc(NCc2ccccc2F)cc(Nc2cc(C)on2)n1. The second kappa shape index (κ2) is 6.43. The fourth-order valence-corrected chi connectivity index (χ4v) is 2.11. The van der Waals surface area contributed by atoms with Gasteiger partial charge >= 0.3 is 0 Å². The third-order valence-electron chi connectivity index (χ3n) is 3.14. The van der Waals surface area contributed by atoms with E-state index in [-0.39, 0.29) is 5.82 Å². The molecule has 0 bridgehead atoms. The molecule has 0 radical (unpaired) electrons. The molecule has 0 aliphatic rings. The zero-order valence-electron chi connectivity index (χ0n) is 12.8. The molecule has 0 aliphatic heterocycles. The Morgan fingerprint density at radius 3 is 2.57 bits per heavy atom. The summed E-state index contributed by atoms with van der Waals surface area (Å²) in [5.74, 6) is 2.80. The lowest BCUT2D eigenvalue weighted by molar-refractivity contribution is 0.400. The second-order valence-corrected chi connectivity index (χ2v) is 5.08.